The molecule has 124 valence electrons. The van der Waals surface area contributed by atoms with E-state index in [9.17, 15) is 4.79 Å². The Balaban J connectivity index is 1.50. The van der Waals surface area contributed by atoms with E-state index in [0.717, 1.165) is 23.7 Å². The highest BCUT2D eigenvalue weighted by Gasteiger charge is 2.25. The SMILES string of the molecule is Cc1ccc2sc(N3CCN(C(=O)c4ccco4)CC3)nc2c1C. The van der Waals surface area contributed by atoms with Crippen LogP contribution in [0.15, 0.2) is 34.9 Å². The fourth-order valence-corrected chi connectivity index (χ4v) is 4.08. The summed E-state index contributed by atoms with van der Waals surface area (Å²) in [6.07, 6.45) is 1.54. The van der Waals surface area contributed by atoms with Crippen LogP contribution in [0.4, 0.5) is 5.13 Å². The maximum atomic E-state index is 12.3. The van der Waals surface area contributed by atoms with Crippen LogP contribution in [0, 0.1) is 13.8 Å². The first-order chi connectivity index (χ1) is 11.6. The summed E-state index contributed by atoms with van der Waals surface area (Å²) in [6, 6.07) is 7.76. The summed E-state index contributed by atoms with van der Waals surface area (Å²) >= 11 is 1.73. The van der Waals surface area contributed by atoms with E-state index in [2.05, 4.69) is 30.9 Å². The molecule has 0 bridgehead atoms. The van der Waals surface area contributed by atoms with Gasteiger partial charge in [0, 0.05) is 26.2 Å². The molecule has 1 aromatic carbocycles. The number of hydrogen-bond acceptors (Lipinski definition) is 5. The Labute approximate surface area is 144 Å². The van der Waals surface area contributed by atoms with Crippen LogP contribution in [0.5, 0.6) is 0 Å². The maximum absolute atomic E-state index is 12.3. The Morgan fingerprint density at radius 1 is 1.17 bits per heavy atom. The Kier molecular flexibility index (Phi) is 3.76. The summed E-state index contributed by atoms with van der Waals surface area (Å²) < 4.78 is 6.43. The molecule has 0 atom stereocenters. The third kappa shape index (κ3) is 2.57. The first-order valence-corrected chi connectivity index (χ1v) is 8.89. The van der Waals surface area contributed by atoms with Gasteiger partial charge in [-0.05, 0) is 43.2 Å². The molecule has 0 radical (unpaired) electrons. The molecule has 0 saturated carbocycles. The highest BCUT2D eigenvalue weighted by molar-refractivity contribution is 7.22. The van der Waals surface area contributed by atoms with Gasteiger partial charge in [-0.15, -0.1) is 0 Å². The number of fused-ring (bicyclic) bond motifs is 1. The number of amides is 1. The fourth-order valence-electron chi connectivity index (χ4n) is 3.01. The number of thiazole rings is 1. The van der Waals surface area contributed by atoms with Crippen LogP contribution in [0.3, 0.4) is 0 Å². The summed E-state index contributed by atoms with van der Waals surface area (Å²) in [5, 5.41) is 1.05. The van der Waals surface area contributed by atoms with E-state index in [0.29, 0.717) is 18.8 Å². The molecular weight excluding hydrogens is 322 g/mol. The molecule has 0 spiro atoms. The van der Waals surface area contributed by atoms with Gasteiger partial charge >= 0.3 is 0 Å². The van der Waals surface area contributed by atoms with Gasteiger partial charge in [-0.2, -0.15) is 0 Å². The molecule has 0 unspecified atom stereocenters. The van der Waals surface area contributed by atoms with Crippen LogP contribution in [0.2, 0.25) is 0 Å². The minimum Gasteiger partial charge on any atom is -0.459 e. The molecule has 3 heterocycles. The van der Waals surface area contributed by atoms with E-state index < -0.39 is 0 Å². The van der Waals surface area contributed by atoms with Crippen LogP contribution < -0.4 is 4.90 Å². The van der Waals surface area contributed by atoms with E-state index in [4.69, 9.17) is 9.40 Å². The standard InChI is InChI=1S/C18H19N3O2S/c1-12-5-6-15-16(13(12)2)19-18(24-15)21-9-7-20(8-10-21)17(22)14-4-3-11-23-14/h3-6,11H,7-10H2,1-2H3. The molecule has 5 nitrogen and oxygen atoms in total. The number of piperazine rings is 1. The van der Waals surface area contributed by atoms with Crippen molar-refractivity contribution in [3.05, 3.63) is 47.4 Å². The Hall–Kier alpha value is -2.34. The van der Waals surface area contributed by atoms with E-state index in [1.165, 1.54) is 22.1 Å². The predicted octanol–water partition coefficient (Wildman–Crippen LogP) is 3.47. The minimum absolute atomic E-state index is 0.0320. The zero-order valence-electron chi connectivity index (χ0n) is 13.8. The van der Waals surface area contributed by atoms with Crippen molar-refractivity contribution in [2.45, 2.75) is 13.8 Å². The van der Waals surface area contributed by atoms with Crippen molar-refractivity contribution in [3.8, 4) is 0 Å². The lowest BCUT2D eigenvalue weighted by Gasteiger charge is -2.34. The van der Waals surface area contributed by atoms with Crippen LogP contribution in [-0.2, 0) is 0 Å². The van der Waals surface area contributed by atoms with Gasteiger partial charge in [0.15, 0.2) is 10.9 Å². The number of benzene rings is 1. The quantitative estimate of drug-likeness (QED) is 0.716. The molecule has 2 aromatic heterocycles. The molecule has 1 saturated heterocycles. The molecule has 1 aliphatic rings. The second-order valence-electron chi connectivity index (χ2n) is 6.11. The molecular formula is C18H19N3O2S. The number of rotatable bonds is 2. The Morgan fingerprint density at radius 2 is 1.96 bits per heavy atom. The third-order valence-corrected chi connectivity index (χ3v) is 5.72. The summed E-state index contributed by atoms with van der Waals surface area (Å²) in [6.45, 7) is 7.21. The average Bonchev–Trinajstić information content (AvgIpc) is 3.27. The molecule has 1 amide bonds. The van der Waals surface area contributed by atoms with Crippen LogP contribution >= 0.6 is 11.3 Å². The minimum atomic E-state index is -0.0320. The number of aromatic nitrogens is 1. The molecule has 0 aliphatic carbocycles. The topological polar surface area (TPSA) is 49.6 Å². The number of carbonyl (C=O) groups excluding carboxylic acids is 1. The van der Waals surface area contributed by atoms with Crippen molar-refractivity contribution < 1.29 is 9.21 Å². The zero-order chi connectivity index (χ0) is 16.7. The van der Waals surface area contributed by atoms with Gasteiger partial charge in [-0.1, -0.05) is 17.4 Å². The lowest BCUT2D eigenvalue weighted by Crippen LogP contribution is -2.48. The van der Waals surface area contributed by atoms with E-state index in [1.54, 1.807) is 23.5 Å². The van der Waals surface area contributed by atoms with Crippen molar-refractivity contribution in [2.75, 3.05) is 31.1 Å². The number of nitrogens with zero attached hydrogens (tertiary/aromatic N) is 3. The van der Waals surface area contributed by atoms with E-state index in [-0.39, 0.29) is 5.91 Å². The first kappa shape index (κ1) is 15.2. The smallest absolute Gasteiger partial charge is 0.289 e. The van der Waals surface area contributed by atoms with Crippen molar-refractivity contribution in [1.29, 1.82) is 0 Å². The van der Waals surface area contributed by atoms with Crippen LogP contribution in [0.25, 0.3) is 10.2 Å². The number of anilines is 1. The summed E-state index contributed by atoms with van der Waals surface area (Å²) in [4.78, 5) is 21.3. The molecule has 6 heteroatoms. The number of hydrogen-bond donors (Lipinski definition) is 0. The van der Waals surface area contributed by atoms with Crippen LogP contribution in [-0.4, -0.2) is 42.0 Å². The lowest BCUT2D eigenvalue weighted by molar-refractivity contribution is 0.0714. The zero-order valence-corrected chi connectivity index (χ0v) is 14.6. The van der Waals surface area contributed by atoms with Gasteiger partial charge in [0.25, 0.3) is 5.91 Å². The number of furan rings is 1. The number of aryl methyl sites for hydroxylation is 2. The second kappa shape index (κ2) is 5.94. The van der Waals surface area contributed by atoms with Crippen molar-refractivity contribution in [3.63, 3.8) is 0 Å². The van der Waals surface area contributed by atoms with Gasteiger partial charge < -0.3 is 14.2 Å². The lowest BCUT2D eigenvalue weighted by atomic mass is 10.1. The van der Waals surface area contributed by atoms with Crippen molar-refractivity contribution >= 4 is 32.6 Å². The van der Waals surface area contributed by atoms with E-state index >= 15 is 0 Å². The maximum Gasteiger partial charge on any atom is 0.289 e. The van der Waals surface area contributed by atoms with Gasteiger partial charge in [0.2, 0.25) is 0 Å². The van der Waals surface area contributed by atoms with Crippen molar-refractivity contribution in [1.82, 2.24) is 9.88 Å². The molecule has 1 fully saturated rings. The van der Waals surface area contributed by atoms with Gasteiger partial charge in [0.05, 0.1) is 16.5 Å². The predicted molar refractivity (Wildman–Crippen MR) is 95.9 cm³/mol. The molecule has 0 N–H and O–H groups in total. The van der Waals surface area contributed by atoms with Gasteiger partial charge in [0.1, 0.15) is 0 Å². The Morgan fingerprint density at radius 3 is 2.67 bits per heavy atom. The molecule has 1 aliphatic heterocycles. The highest BCUT2D eigenvalue weighted by atomic mass is 32.1. The summed E-state index contributed by atoms with van der Waals surface area (Å²) in [7, 11) is 0. The fraction of sp³-hybridized carbons (Fsp3) is 0.333. The summed E-state index contributed by atoms with van der Waals surface area (Å²) in [5.41, 5.74) is 3.62. The molecule has 3 aromatic rings. The number of carbonyl (C=O) groups is 1. The normalized spacial score (nSPS) is 15.2. The molecule has 4 rings (SSSR count). The van der Waals surface area contributed by atoms with Gasteiger partial charge in [-0.25, -0.2) is 4.98 Å². The average molecular weight is 341 g/mol. The molecule has 24 heavy (non-hydrogen) atoms. The van der Waals surface area contributed by atoms with Crippen LogP contribution in [0.1, 0.15) is 21.7 Å². The third-order valence-electron chi connectivity index (χ3n) is 4.64. The second-order valence-corrected chi connectivity index (χ2v) is 7.12. The first-order valence-electron chi connectivity index (χ1n) is 8.08. The monoisotopic (exact) mass is 341 g/mol. The largest absolute Gasteiger partial charge is 0.459 e. The van der Waals surface area contributed by atoms with Gasteiger partial charge in [-0.3, -0.25) is 4.79 Å². The van der Waals surface area contributed by atoms with Crippen molar-refractivity contribution in [2.24, 2.45) is 0 Å². The Bertz CT molecular complexity index is 877. The highest BCUT2D eigenvalue weighted by Crippen LogP contribution is 2.32. The summed E-state index contributed by atoms with van der Waals surface area (Å²) in [5.74, 6) is 0.380. The van der Waals surface area contributed by atoms with E-state index in [1.807, 2.05) is 4.90 Å².